The second-order valence-electron chi connectivity index (χ2n) is 8.16. The third-order valence-corrected chi connectivity index (χ3v) is 5.79. The average Bonchev–Trinajstić information content (AvgIpc) is 2.86. The number of alkyl halides is 3. The van der Waals surface area contributed by atoms with Gasteiger partial charge >= 0.3 is 17.8 Å². The molecule has 0 unspecified atom stereocenters. The number of carbonyl (C=O) groups is 2. The van der Waals surface area contributed by atoms with Gasteiger partial charge in [0.25, 0.3) is 5.91 Å². The molecular weight excluding hydrogens is 429 g/mol. The Balaban J connectivity index is 1.69. The van der Waals surface area contributed by atoms with Gasteiger partial charge in [0, 0.05) is 30.6 Å². The fourth-order valence-electron chi connectivity index (χ4n) is 3.70. The molecule has 0 saturated carbocycles. The zero-order valence-corrected chi connectivity index (χ0v) is 18.3. The molecule has 1 saturated heterocycles. The van der Waals surface area contributed by atoms with Crippen molar-refractivity contribution in [2.75, 3.05) is 20.2 Å². The van der Waals surface area contributed by atoms with Crippen LogP contribution in [0.1, 0.15) is 44.7 Å². The number of unbranched alkanes of at least 4 members (excludes halogenated alkanes) is 1. The summed E-state index contributed by atoms with van der Waals surface area (Å²) in [6.45, 7) is 5.56. The number of imide groups is 1. The van der Waals surface area contributed by atoms with Gasteiger partial charge in [-0.25, -0.2) is 9.59 Å². The van der Waals surface area contributed by atoms with Crippen molar-refractivity contribution in [2.45, 2.75) is 51.7 Å². The quantitative estimate of drug-likeness (QED) is 0.356. The van der Waals surface area contributed by atoms with Crippen molar-refractivity contribution in [2.24, 2.45) is 0 Å². The smallest absolute Gasteiger partial charge is 0.417 e. The molecule has 174 valence electrons. The number of likely N-dealkylation sites (N-methyl/N-ethyl adjacent to an activating group) is 1. The Hall–Kier alpha value is -3.04. The largest absolute Gasteiger partial charge is 0.493 e. The lowest BCUT2D eigenvalue weighted by Crippen LogP contribution is -2.41. The molecule has 2 aromatic rings. The van der Waals surface area contributed by atoms with Crippen molar-refractivity contribution in [3.05, 3.63) is 39.7 Å². The Kier molecular flexibility index (Phi) is 6.26. The fourth-order valence-corrected chi connectivity index (χ4v) is 3.70. The molecule has 32 heavy (non-hydrogen) atoms. The molecule has 0 aliphatic carbocycles. The first-order chi connectivity index (χ1) is 14.9. The maximum absolute atomic E-state index is 13.3. The number of amides is 3. The summed E-state index contributed by atoms with van der Waals surface area (Å²) in [6.07, 6.45) is -3.37. The van der Waals surface area contributed by atoms with Crippen LogP contribution in [0.4, 0.5) is 18.0 Å². The molecule has 1 aromatic carbocycles. The van der Waals surface area contributed by atoms with Crippen LogP contribution in [0, 0.1) is 0 Å². The van der Waals surface area contributed by atoms with Crippen LogP contribution in [0.5, 0.6) is 5.75 Å². The highest BCUT2D eigenvalue weighted by molar-refractivity contribution is 6.06. The number of hydrogen-bond acceptors (Lipinski definition) is 5. The zero-order chi connectivity index (χ0) is 23.8. The van der Waals surface area contributed by atoms with Crippen molar-refractivity contribution in [3.63, 3.8) is 0 Å². The molecule has 3 rings (SSSR count). The highest BCUT2D eigenvalue weighted by Gasteiger charge is 2.48. The SMILES string of the molecule is CCc1c(OCCCCN2C(=O)N(C)C(C)(C)C2=O)ccc2c(C(F)(F)F)cc(=O)oc12. The first-order valence-electron chi connectivity index (χ1n) is 10.3. The fraction of sp³-hybridized carbons (Fsp3) is 0.500. The van der Waals surface area contributed by atoms with E-state index in [4.69, 9.17) is 9.15 Å². The number of rotatable bonds is 7. The maximum atomic E-state index is 13.3. The van der Waals surface area contributed by atoms with Crippen LogP contribution in [0.25, 0.3) is 11.0 Å². The first kappa shape index (κ1) is 23.6. The molecule has 0 atom stereocenters. The molecule has 1 fully saturated rings. The van der Waals surface area contributed by atoms with Crippen LogP contribution in [-0.4, -0.2) is 47.5 Å². The molecule has 0 N–H and O–H groups in total. The lowest BCUT2D eigenvalue weighted by Gasteiger charge is -2.22. The minimum Gasteiger partial charge on any atom is -0.493 e. The van der Waals surface area contributed by atoms with E-state index < -0.39 is 22.9 Å². The van der Waals surface area contributed by atoms with Gasteiger partial charge in [-0.05, 0) is 45.2 Å². The van der Waals surface area contributed by atoms with Gasteiger partial charge in [-0.15, -0.1) is 0 Å². The normalized spacial score (nSPS) is 16.3. The summed E-state index contributed by atoms with van der Waals surface area (Å²) in [5.41, 5.74) is -2.77. The standard InChI is InChI=1S/C22H25F3N2O5/c1-5-13-16(9-8-14-15(22(23,24)25)12-17(28)32-18(13)14)31-11-7-6-10-27-19(29)21(2,3)26(4)20(27)30/h8-9,12H,5-7,10-11H2,1-4H3. The summed E-state index contributed by atoms with van der Waals surface area (Å²) >= 11 is 0. The number of halogens is 3. The van der Waals surface area contributed by atoms with Gasteiger partial charge in [0.2, 0.25) is 0 Å². The number of nitrogens with zero attached hydrogens (tertiary/aromatic N) is 2. The topological polar surface area (TPSA) is 80.1 Å². The zero-order valence-electron chi connectivity index (χ0n) is 18.3. The number of urea groups is 1. The lowest BCUT2D eigenvalue weighted by molar-refractivity contribution is -0.136. The Bertz CT molecular complexity index is 1110. The third-order valence-electron chi connectivity index (χ3n) is 5.79. The Morgan fingerprint density at radius 2 is 1.81 bits per heavy atom. The van der Waals surface area contributed by atoms with E-state index in [1.807, 2.05) is 0 Å². The van der Waals surface area contributed by atoms with E-state index in [0.717, 1.165) is 0 Å². The summed E-state index contributed by atoms with van der Waals surface area (Å²) in [7, 11) is 1.58. The summed E-state index contributed by atoms with van der Waals surface area (Å²) in [5, 5.41) is -0.195. The second kappa shape index (κ2) is 8.48. The minimum absolute atomic E-state index is 0.136. The molecule has 0 bridgehead atoms. The van der Waals surface area contributed by atoms with Crippen LogP contribution >= 0.6 is 0 Å². The monoisotopic (exact) mass is 454 g/mol. The number of aryl methyl sites for hydroxylation is 1. The van der Waals surface area contributed by atoms with Crippen LogP contribution in [-0.2, 0) is 17.4 Å². The molecule has 0 radical (unpaired) electrons. The van der Waals surface area contributed by atoms with Crippen molar-refractivity contribution in [1.82, 2.24) is 9.80 Å². The molecule has 2 heterocycles. The lowest BCUT2D eigenvalue weighted by atomic mass is 10.0. The van der Waals surface area contributed by atoms with Crippen LogP contribution in [0.3, 0.4) is 0 Å². The molecule has 3 amide bonds. The van der Waals surface area contributed by atoms with Crippen LogP contribution in [0.2, 0.25) is 0 Å². The van der Waals surface area contributed by atoms with Gasteiger partial charge in [-0.3, -0.25) is 9.69 Å². The van der Waals surface area contributed by atoms with E-state index in [1.54, 1.807) is 27.8 Å². The van der Waals surface area contributed by atoms with Crippen molar-refractivity contribution in [3.8, 4) is 5.75 Å². The number of carbonyl (C=O) groups excluding carboxylic acids is 2. The van der Waals surface area contributed by atoms with Gasteiger partial charge < -0.3 is 14.1 Å². The molecule has 0 spiro atoms. The van der Waals surface area contributed by atoms with E-state index in [-0.39, 0.29) is 36.1 Å². The van der Waals surface area contributed by atoms with E-state index in [9.17, 15) is 27.6 Å². The molecule has 1 aliphatic heterocycles. The second-order valence-corrected chi connectivity index (χ2v) is 8.16. The van der Waals surface area contributed by atoms with Gasteiger partial charge in [0.05, 0.1) is 12.2 Å². The summed E-state index contributed by atoms with van der Waals surface area (Å²) in [6, 6.07) is 2.76. The number of benzene rings is 1. The highest BCUT2D eigenvalue weighted by Crippen LogP contribution is 2.37. The highest BCUT2D eigenvalue weighted by atomic mass is 19.4. The Morgan fingerprint density at radius 3 is 2.38 bits per heavy atom. The van der Waals surface area contributed by atoms with Crippen LogP contribution < -0.4 is 10.4 Å². The van der Waals surface area contributed by atoms with Crippen LogP contribution in [0.15, 0.2) is 27.4 Å². The Morgan fingerprint density at radius 1 is 1.12 bits per heavy atom. The van der Waals surface area contributed by atoms with Gasteiger partial charge in [0.1, 0.15) is 16.9 Å². The maximum Gasteiger partial charge on any atom is 0.417 e. The molecule has 10 heteroatoms. The molecule has 7 nitrogen and oxygen atoms in total. The summed E-state index contributed by atoms with van der Waals surface area (Å²) < 4.78 is 50.8. The molecule has 1 aliphatic rings. The van der Waals surface area contributed by atoms with Crippen molar-refractivity contribution >= 4 is 22.9 Å². The van der Waals surface area contributed by atoms with E-state index in [2.05, 4.69) is 0 Å². The van der Waals surface area contributed by atoms with E-state index >= 15 is 0 Å². The first-order valence-corrected chi connectivity index (χ1v) is 10.3. The third kappa shape index (κ3) is 4.18. The van der Waals surface area contributed by atoms with Crippen molar-refractivity contribution in [1.29, 1.82) is 0 Å². The van der Waals surface area contributed by atoms with Gasteiger partial charge in [0.15, 0.2) is 0 Å². The number of ether oxygens (including phenoxy) is 1. The predicted molar refractivity (Wildman–Crippen MR) is 111 cm³/mol. The van der Waals surface area contributed by atoms with Gasteiger partial charge in [-0.1, -0.05) is 6.92 Å². The van der Waals surface area contributed by atoms with E-state index in [1.165, 1.54) is 21.9 Å². The number of hydrogen-bond donors (Lipinski definition) is 0. The predicted octanol–water partition coefficient (Wildman–Crippen LogP) is 4.21. The average molecular weight is 454 g/mol. The Labute approximate surface area is 182 Å². The molecular formula is C22H25F3N2O5. The minimum atomic E-state index is -4.69. The summed E-state index contributed by atoms with van der Waals surface area (Å²) in [4.78, 5) is 38.9. The van der Waals surface area contributed by atoms with Crippen molar-refractivity contribution < 1.29 is 31.9 Å². The number of fused-ring (bicyclic) bond motifs is 1. The summed E-state index contributed by atoms with van der Waals surface area (Å²) in [5.74, 6) is 0.0703. The van der Waals surface area contributed by atoms with Gasteiger partial charge in [-0.2, -0.15) is 13.2 Å². The van der Waals surface area contributed by atoms with E-state index in [0.29, 0.717) is 36.6 Å². The molecule has 1 aromatic heterocycles.